The minimum absolute atomic E-state index is 0.0767. The van der Waals surface area contributed by atoms with Gasteiger partial charge in [-0.1, -0.05) is 36.4 Å². The molecule has 0 bridgehead atoms. The van der Waals surface area contributed by atoms with Gasteiger partial charge in [0.25, 0.3) is 0 Å². The van der Waals surface area contributed by atoms with E-state index in [2.05, 4.69) is 4.98 Å². The minimum atomic E-state index is -0.607. The zero-order chi connectivity index (χ0) is 14.4. The molecule has 0 unspecified atom stereocenters. The van der Waals surface area contributed by atoms with Gasteiger partial charge in [-0.05, 0) is 17.7 Å². The molecule has 0 saturated heterocycles. The van der Waals surface area contributed by atoms with Crippen LogP contribution < -0.4 is 5.73 Å². The number of pyridine rings is 1. The van der Waals surface area contributed by atoms with E-state index in [4.69, 9.17) is 5.73 Å². The molecule has 0 aliphatic heterocycles. The Labute approximate surface area is 119 Å². The number of hydrogen-bond donors (Lipinski definition) is 1. The van der Waals surface area contributed by atoms with Crippen LogP contribution in [0.1, 0.15) is 17.3 Å². The molecule has 0 fully saturated rings. The standard InChI is InChI=1S/C16H19N3O/c1-19(12-10-14-9-5-6-11-18-14)16(20)15(17)13-7-3-2-4-8-13/h2-9,11,15H,10,12,17H2,1H3/t15-/m1/s1. The Kier molecular flexibility index (Phi) is 4.85. The van der Waals surface area contributed by atoms with Gasteiger partial charge in [-0.3, -0.25) is 9.78 Å². The Hall–Kier alpha value is -2.20. The highest BCUT2D eigenvalue weighted by Gasteiger charge is 2.19. The smallest absolute Gasteiger partial charge is 0.243 e. The maximum absolute atomic E-state index is 12.2. The van der Waals surface area contributed by atoms with Crippen LogP contribution in [-0.4, -0.2) is 29.4 Å². The normalized spacial score (nSPS) is 11.9. The number of carbonyl (C=O) groups is 1. The van der Waals surface area contributed by atoms with Crippen molar-refractivity contribution in [3.8, 4) is 0 Å². The molecule has 2 aromatic rings. The second-order valence-corrected chi connectivity index (χ2v) is 4.72. The van der Waals surface area contributed by atoms with Crippen molar-refractivity contribution < 1.29 is 4.79 Å². The zero-order valence-electron chi connectivity index (χ0n) is 11.6. The maximum atomic E-state index is 12.2. The lowest BCUT2D eigenvalue weighted by molar-refractivity contribution is -0.131. The Balaban J connectivity index is 1.92. The molecule has 2 rings (SSSR count). The molecular formula is C16H19N3O. The monoisotopic (exact) mass is 269 g/mol. The van der Waals surface area contributed by atoms with E-state index in [0.717, 1.165) is 17.7 Å². The molecule has 0 aliphatic carbocycles. The third kappa shape index (κ3) is 3.65. The zero-order valence-corrected chi connectivity index (χ0v) is 11.6. The molecule has 2 N–H and O–H groups in total. The summed E-state index contributed by atoms with van der Waals surface area (Å²) in [6.07, 6.45) is 2.48. The number of nitrogens with zero attached hydrogens (tertiary/aromatic N) is 2. The molecule has 1 aromatic heterocycles. The second-order valence-electron chi connectivity index (χ2n) is 4.72. The van der Waals surface area contributed by atoms with Gasteiger partial charge in [0.1, 0.15) is 6.04 Å². The number of aromatic nitrogens is 1. The molecule has 0 aliphatic rings. The molecule has 0 radical (unpaired) electrons. The Morgan fingerprint density at radius 3 is 2.55 bits per heavy atom. The van der Waals surface area contributed by atoms with Crippen molar-refractivity contribution in [3.63, 3.8) is 0 Å². The van der Waals surface area contributed by atoms with E-state index in [1.54, 1.807) is 18.1 Å². The lowest BCUT2D eigenvalue weighted by Gasteiger charge is -2.21. The predicted octanol–water partition coefficient (Wildman–Crippen LogP) is 1.78. The van der Waals surface area contributed by atoms with E-state index in [1.165, 1.54) is 0 Å². The fraction of sp³-hybridized carbons (Fsp3) is 0.250. The number of nitrogens with two attached hydrogens (primary N) is 1. The number of hydrogen-bond acceptors (Lipinski definition) is 3. The lowest BCUT2D eigenvalue weighted by atomic mass is 10.1. The first-order chi connectivity index (χ1) is 9.68. The second kappa shape index (κ2) is 6.82. The molecule has 0 saturated carbocycles. The van der Waals surface area contributed by atoms with Gasteiger partial charge in [0.2, 0.25) is 5.91 Å². The van der Waals surface area contributed by atoms with Crippen molar-refractivity contribution in [3.05, 3.63) is 66.0 Å². The summed E-state index contributed by atoms with van der Waals surface area (Å²) in [4.78, 5) is 18.1. The van der Waals surface area contributed by atoms with Crippen LogP contribution >= 0.6 is 0 Å². The number of likely N-dealkylation sites (N-methyl/N-ethyl adjacent to an activating group) is 1. The van der Waals surface area contributed by atoms with Crippen molar-refractivity contribution in [2.45, 2.75) is 12.5 Å². The van der Waals surface area contributed by atoms with Crippen molar-refractivity contribution in [2.24, 2.45) is 5.73 Å². The van der Waals surface area contributed by atoms with Gasteiger partial charge in [0.15, 0.2) is 0 Å². The van der Waals surface area contributed by atoms with Crippen molar-refractivity contribution in [1.82, 2.24) is 9.88 Å². The highest BCUT2D eigenvalue weighted by atomic mass is 16.2. The first kappa shape index (κ1) is 14.2. The summed E-state index contributed by atoms with van der Waals surface area (Å²) in [5.41, 5.74) is 7.81. The largest absolute Gasteiger partial charge is 0.344 e. The first-order valence-corrected chi connectivity index (χ1v) is 6.64. The summed E-state index contributed by atoms with van der Waals surface area (Å²) in [5.74, 6) is -0.0767. The van der Waals surface area contributed by atoms with E-state index in [9.17, 15) is 4.79 Å². The Morgan fingerprint density at radius 1 is 1.20 bits per heavy atom. The summed E-state index contributed by atoms with van der Waals surface area (Å²) < 4.78 is 0. The summed E-state index contributed by atoms with van der Waals surface area (Å²) >= 11 is 0. The fourth-order valence-corrected chi connectivity index (χ4v) is 1.98. The Bertz CT molecular complexity index is 542. The van der Waals surface area contributed by atoms with E-state index in [1.807, 2.05) is 48.5 Å². The van der Waals surface area contributed by atoms with Gasteiger partial charge >= 0.3 is 0 Å². The van der Waals surface area contributed by atoms with Crippen LogP contribution in [0.3, 0.4) is 0 Å². The molecule has 1 heterocycles. The molecule has 1 aromatic carbocycles. The summed E-state index contributed by atoms with van der Waals surface area (Å²) in [6.45, 7) is 0.608. The molecule has 1 atom stereocenters. The molecule has 4 nitrogen and oxygen atoms in total. The van der Waals surface area contributed by atoms with Crippen LogP contribution in [-0.2, 0) is 11.2 Å². The summed E-state index contributed by atoms with van der Waals surface area (Å²) in [7, 11) is 1.77. The number of amides is 1. The molecule has 0 spiro atoms. The van der Waals surface area contributed by atoms with Crippen LogP contribution in [0.4, 0.5) is 0 Å². The van der Waals surface area contributed by atoms with Crippen LogP contribution in [0.15, 0.2) is 54.7 Å². The molecule has 4 heteroatoms. The third-order valence-electron chi connectivity index (χ3n) is 3.23. The molecule has 104 valence electrons. The van der Waals surface area contributed by atoms with Crippen molar-refractivity contribution in [1.29, 1.82) is 0 Å². The maximum Gasteiger partial charge on any atom is 0.243 e. The highest BCUT2D eigenvalue weighted by Crippen LogP contribution is 2.12. The SMILES string of the molecule is CN(CCc1ccccn1)C(=O)[C@H](N)c1ccccc1. The molecular weight excluding hydrogens is 250 g/mol. The summed E-state index contributed by atoms with van der Waals surface area (Å²) in [5, 5.41) is 0. The number of rotatable bonds is 5. The molecule has 1 amide bonds. The van der Waals surface area contributed by atoms with Crippen LogP contribution in [0.25, 0.3) is 0 Å². The van der Waals surface area contributed by atoms with Gasteiger partial charge in [-0.25, -0.2) is 0 Å². The Morgan fingerprint density at radius 2 is 1.90 bits per heavy atom. The quantitative estimate of drug-likeness (QED) is 0.900. The third-order valence-corrected chi connectivity index (χ3v) is 3.23. The molecule has 20 heavy (non-hydrogen) atoms. The first-order valence-electron chi connectivity index (χ1n) is 6.64. The number of carbonyl (C=O) groups excluding carboxylic acids is 1. The average molecular weight is 269 g/mol. The van der Waals surface area contributed by atoms with Gasteiger partial charge in [-0.2, -0.15) is 0 Å². The lowest BCUT2D eigenvalue weighted by Crippen LogP contribution is -2.37. The van der Waals surface area contributed by atoms with Gasteiger partial charge in [0, 0.05) is 31.9 Å². The van der Waals surface area contributed by atoms with Gasteiger partial charge < -0.3 is 10.6 Å². The van der Waals surface area contributed by atoms with Crippen molar-refractivity contribution in [2.75, 3.05) is 13.6 Å². The van der Waals surface area contributed by atoms with E-state index in [0.29, 0.717) is 6.54 Å². The van der Waals surface area contributed by atoms with E-state index < -0.39 is 6.04 Å². The van der Waals surface area contributed by atoms with Crippen LogP contribution in [0, 0.1) is 0 Å². The van der Waals surface area contributed by atoms with Gasteiger partial charge in [-0.15, -0.1) is 0 Å². The summed E-state index contributed by atoms with van der Waals surface area (Å²) in [6, 6.07) is 14.6. The van der Waals surface area contributed by atoms with Crippen LogP contribution in [0.5, 0.6) is 0 Å². The van der Waals surface area contributed by atoms with Crippen molar-refractivity contribution >= 4 is 5.91 Å². The van der Waals surface area contributed by atoms with E-state index >= 15 is 0 Å². The highest BCUT2D eigenvalue weighted by molar-refractivity contribution is 5.82. The topological polar surface area (TPSA) is 59.2 Å². The average Bonchev–Trinajstić information content (AvgIpc) is 2.53. The van der Waals surface area contributed by atoms with Crippen LogP contribution in [0.2, 0.25) is 0 Å². The number of benzene rings is 1. The van der Waals surface area contributed by atoms with E-state index in [-0.39, 0.29) is 5.91 Å². The minimum Gasteiger partial charge on any atom is -0.344 e. The predicted molar refractivity (Wildman–Crippen MR) is 78.9 cm³/mol. The van der Waals surface area contributed by atoms with Gasteiger partial charge in [0.05, 0.1) is 0 Å². The fourth-order valence-electron chi connectivity index (χ4n) is 1.98.